The van der Waals surface area contributed by atoms with E-state index in [0.29, 0.717) is 17.5 Å². The highest BCUT2D eigenvalue weighted by molar-refractivity contribution is 7.99. The second kappa shape index (κ2) is 11.3. The molecule has 8 heteroatoms. The quantitative estimate of drug-likeness (QED) is 0.412. The van der Waals surface area contributed by atoms with Gasteiger partial charge in [-0.15, -0.1) is 0 Å². The number of nitriles is 1. The number of benzene rings is 2. The topological polar surface area (TPSA) is 59.4 Å². The first-order valence-corrected chi connectivity index (χ1v) is 15.8. The van der Waals surface area contributed by atoms with Crippen LogP contribution in [0.4, 0.5) is 14.9 Å². The second-order valence-corrected chi connectivity index (χ2v) is 13.4. The van der Waals surface area contributed by atoms with Gasteiger partial charge in [-0.25, -0.2) is 9.18 Å². The number of likely N-dealkylation sites (tertiary alicyclic amines) is 1. The van der Waals surface area contributed by atoms with Crippen LogP contribution in [0.2, 0.25) is 5.02 Å². The molecule has 4 fully saturated rings. The predicted molar refractivity (Wildman–Crippen MR) is 156 cm³/mol. The van der Waals surface area contributed by atoms with Gasteiger partial charge < -0.3 is 10.2 Å². The number of hydrogen-bond donors (Lipinski definition) is 1. The van der Waals surface area contributed by atoms with Crippen LogP contribution in [0, 0.1) is 29.0 Å². The third kappa shape index (κ3) is 5.66. The predicted octanol–water partition coefficient (Wildman–Crippen LogP) is 6.91. The molecule has 0 radical (unpaired) electrons. The number of carbonyl (C=O) groups is 1. The summed E-state index contributed by atoms with van der Waals surface area (Å²) in [6.07, 6.45) is 7.62. The van der Waals surface area contributed by atoms with E-state index in [1.807, 2.05) is 12.1 Å². The Balaban J connectivity index is 1.15. The lowest BCUT2D eigenvalue weighted by Gasteiger charge is -2.41. The van der Waals surface area contributed by atoms with Crippen molar-refractivity contribution in [2.45, 2.75) is 62.4 Å². The normalized spacial score (nSPS) is 28.9. The zero-order valence-corrected chi connectivity index (χ0v) is 23.8. The Hall–Kier alpha value is -2.27. The summed E-state index contributed by atoms with van der Waals surface area (Å²) in [5, 5.41) is 12.4. The number of nitrogens with one attached hydrogen (secondary N) is 1. The third-order valence-electron chi connectivity index (χ3n) is 9.68. The molecule has 0 aromatic heterocycles. The van der Waals surface area contributed by atoms with Gasteiger partial charge in [-0.05, 0) is 117 Å². The maximum absolute atomic E-state index is 13.7. The fourth-order valence-corrected chi connectivity index (χ4v) is 8.74. The Morgan fingerprint density at radius 3 is 2.77 bits per heavy atom. The minimum absolute atomic E-state index is 0.0110. The molecule has 39 heavy (non-hydrogen) atoms. The summed E-state index contributed by atoms with van der Waals surface area (Å²) < 4.78 is 13.7. The summed E-state index contributed by atoms with van der Waals surface area (Å²) in [4.78, 5) is 18.5. The lowest BCUT2D eigenvalue weighted by Crippen LogP contribution is -2.49. The van der Waals surface area contributed by atoms with Crippen molar-refractivity contribution in [2.24, 2.45) is 11.8 Å². The number of urea groups is 1. The Labute approximate surface area is 240 Å². The van der Waals surface area contributed by atoms with Gasteiger partial charge in [-0.2, -0.15) is 17.0 Å². The standard InChI is InChI=1S/C31H36ClFN4OS/c32-28-16-25(4-5-29(28)33)35-30(38)37(19-21-7-11-36(12-8-21)27-9-13-39-20-27)26-6-10-31(17-24(31)15-26)23-3-1-2-22(14-23)18-34/h1-5,14,16,21,24,26-27H,6-13,15,17,19-20H2,(H,35,38)/t24?,26-,27?,31-/m1/s1. The Kier molecular flexibility index (Phi) is 7.81. The lowest BCUT2D eigenvalue weighted by atomic mass is 9.79. The molecule has 2 heterocycles. The molecule has 1 N–H and O–H groups in total. The molecule has 2 aromatic carbocycles. The Morgan fingerprint density at radius 1 is 1.21 bits per heavy atom. The van der Waals surface area contributed by atoms with Crippen LogP contribution in [-0.4, -0.2) is 59.1 Å². The van der Waals surface area contributed by atoms with Crippen molar-refractivity contribution in [3.8, 4) is 6.07 Å². The van der Waals surface area contributed by atoms with Gasteiger partial charge in [0, 0.05) is 30.1 Å². The summed E-state index contributed by atoms with van der Waals surface area (Å²) in [7, 11) is 0. The van der Waals surface area contributed by atoms with Crippen LogP contribution in [0.1, 0.15) is 56.1 Å². The van der Waals surface area contributed by atoms with Crippen LogP contribution >= 0.6 is 23.4 Å². The van der Waals surface area contributed by atoms with Gasteiger partial charge in [0.2, 0.25) is 0 Å². The Morgan fingerprint density at radius 2 is 2.05 bits per heavy atom. The zero-order chi connectivity index (χ0) is 27.0. The van der Waals surface area contributed by atoms with Crippen LogP contribution in [0.25, 0.3) is 0 Å². The van der Waals surface area contributed by atoms with E-state index in [0.717, 1.165) is 69.8 Å². The molecule has 0 spiro atoms. The highest BCUT2D eigenvalue weighted by Gasteiger charge is 2.58. The van der Waals surface area contributed by atoms with Crippen LogP contribution < -0.4 is 5.32 Å². The molecule has 2 unspecified atom stereocenters. The summed E-state index contributed by atoms with van der Waals surface area (Å²) in [5.41, 5.74) is 2.67. The van der Waals surface area contributed by atoms with Crippen LogP contribution in [-0.2, 0) is 5.41 Å². The summed E-state index contributed by atoms with van der Waals surface area (Å²) in [5.74, 6) is 3.05. The summed E-state index contributed by atoms with van der Waals surface area (Å²) in [6, 6.07) is 15.5. The minimum Gasteiger partial charge on any atom is -0.321 e. The van der Waals surface area contributed by atoms with E-state index < -0.39 is 5.82 Å². The Bertz CT molecular complexity index is 1260. The number of thioether (sulfide) groups is 1. The van der Waals surface area contributed by atoms with Crippen molar-refractivity contribution in [3.05, 3.63) is 64.4 Å². The molecule has 2 aliphatic carbocycles. The SMILES string of the molecule is N#Cc1cccc([C@]23CC[C@@H](N(CC4CCN(C5CCSC5)CC4)C(=O)Nc4ccc(F)c(Cl)c4)CC2C3)c1. The number of rotatable bonds is 6. The van der Waals surface area contributed by atoms with Gasteiger partial charge >= 0.3 is 6.03 Å². The molecule has 2 saturated heterocycles. The van der Waals surface area contributed by atoms with Crippen molar-refractivity contribution in [1.29, 1.82) is 5.26 Å². The third-order valence-corrected chi connectivity index (χ3v) is 11.1. The van der Waals surface area contributed by atoms with Crippen LogP contribution in [0.15, 0.2) is 42.5 Å². The van der Waals surface area contributed by atoms with Crippen molar-refractivity contribution in [2.75, 3.05) is 36.5 Å². The number of fused-ring (bicyclic) bond motifs is 1. The number of nitrogens with zero attached hydrogens (tertiary/aromatic N) is 3. The molecule has 4 atom stereocenters. The molecule has 206 valence electrons. The number of amides is 2. The molecule has 2 amide bonds. The van der Waals surface area contributed by atoms with Gasteiger partial charge in [0.25, 0.3) is 0 Å². The smallest absolute Gasteiger partial charge is 0.321 e. The number of carbonyl (C=O) groups excluding carboxylic acids is 1. The van der Waals surface area contributed by atoms with Gasteiger partial charge in [0.15, 0.2) is 0 Å². The van der Waals surface area contributed by atoms with Crippen molar-refractivity contribution < 1.29 is 9.18 Å². The van der Waals surface area contributed by atoms with Gasteiger partial charge in [0.1, 0.15) is 5.82 Å². The summed E-state index contributed by atoms with van der Waals surface area (Å²) >= 11 is 8.07. The van der Waals surface area contributed by atoms with Crippen LogP contribution in [0.5, 0.6) is 0 Å². The monoisotopic (exact) mass is 566 g/mol. The molecule has 2 aliphatic heterocycles. The maximum atomic E-state index is 13.7. The van der Waals surface area contributed by atoms with Gasteiger partial charge in [-0.1, -0.05) is 23.7 Å². The van der Waals surface area contributed by atoms with Crippen molar-refractivity contribution >= 4 is 35.1 Å². The molecule has 5 nitrogen and oxygen atoms in total. The minimum atomic E-state index is -0.489. The molecule has 4 aliphatic rings. The number of piperidine rings is 1. The van der Waals surface area contributed by atoms with E-state index in [2.05, 4.69) is 45.1 Å². The molecule has 6 rings (SSSR count). The highest BCUT2D eigenvalue weighted by Crippen LogP contribution is 2.63. The summed E-state index contributed by atoms with van der Waals surface area (Å²) in [6.45, 7) is 2.98. The van der Waals surface area contributed by atoms with Crippen molar-refractivity contribution in [1.82, 2.24) is 9.80 Å². The van der Waals surface area contributed by atoms with Crippen LogP contribution in [0.3, 0.4) is 0 Å². The first-order chi connectivity index (χ1) is 18.9. The average molecular weight is 567 g/mol. The molecule has 0 bridgehead atoms. The molecule has 2 saturated carbocycles. The molecule has 2 aromatic rings. The van der Waals surface area contributed by atoms with Gasteiger partial charge in [-0.3, -0.25) is 4.90 Å². The van der Waals surface area contributed by atoms with E-state index in [1.165, 1.54) is 35.6 Å². The fraction of sp³-hybridized carbons (Fsp3) is 0.548. The maximum Gasteiger partial charge on any atom is 0.322 e. The lowest BCUT2D eigenvalue weighted by molar-refractivity contribution is 0.103. The van der Waals surface area contributed by atoms with E-state index in [1.54, 1.807) is 6.07 Å². The fourth-order valence-electron chi connectivity index (χ4n) is 7.30. The highest BCUT2D eigenvalue weighted by atomic mass is 35.5. The van der Waals surface area contributed by atoms with Crippen molar-refractivity contribution in [3.63, 3.8) is 0 Å². The number of halogens is 2. The van der Waals surface area contributed by atoms with Gasteiger partial charge in [0.05, 0.1) is 16.7 Å². The van der Waals surface area contributed by atoms with E-state index in [4.69, 9.17) is 11.6 Å². The average Bonchev–Trinajstić information content (AvgIpc) is 3.45. The van der Waals surface area contributed by atoms with E-state index >= 15 is 0 Å². The number of hydrogen-bond acceptors (Lipinski definition) is 4. The van der Waals surface area contributed by atoms with E-state index in [-0.39, 0.29) is 22.5 Å². The molecular formula is C31H36ClFN4OS. The largest absolute Gasteiger partial charge is 0.322 e. The first-order valence-electron chi connectivity index (χ1n) is 14.3. The second-order valence-electron chi connectivity index (χ2n) is 11.9. The first kappa shape index (κ1) is 26.9. The molecular weight excluding hydrogens is 531 g/mol. The zero-order valence-electron chi connectivity index (χ0n) is 22.3. The van der Waals surface area contributed by atoms with E-state index in [9.17, 15) is 14.4 Å². The number of anilines is 1.